The highest BCUT2D eigenvalue weighted by atomic mass is 32.1. The van der Waals surface area contributed by atoms with E-state index in [0.29, 0.717) is 0 Å². The second-order valence-electron chi connectivity index (χ2n) is 6.08. The molecule has 0 atom stereocenters. The summed E-state index contributed by atoms with van der Waals surface area (Å²) < 4.78 is 3.72. The molecule has 0 aliphatic carbocycles. The normalized spacial score (nSPS) is 12.8. The van der Waals surface area contributed by atoms with Gasteiger partial charge in [-0.2, -0.15) is 0 Å². The van der Waals surface area contributed by atoms with Crippen molar-refractivity contribution >= 4 is 32.9 Å². The number of hydrogen-bond acceptors (Lipinski definition) is 2. The smallest absolute Gasteiger partial charge is 0.0596 e. The topological polar surface area (TPSA) is 4.93 Å². The molecular weight excluding hydrogens is 294 g/mol. The van der Waals surface area contributed by atoms with E-state index in [0.717, 1.165) is 0 Å². The van der Waals surface area contributed by atoms with Gasteiger partial charge in [-0.05, 0) is 38.1 Å². The lowest BCUT2D eigenvalue weighted by molar-refractivity contribution is 0.612. The number of hydrogen-bond donors (Lipinski definition) is 0. The summed E-state index contributed by atoms with van der Waals surface area (Å²) >= 11 is 3.77. The molecule has 0 aliphatic rings. The van der Waals surface area contributed by atoms with E-state index < -0.39 is 0 Å². The Hall–Kier alpha value is -1.32. The Morgan fingerprint density at radius 3 is 2.43 bits per heavy atom. The number of aryl methyl sites for hydroxylation is 2. The predicted octanol–water partition coefficient (Wildman–Crippen LogP) is 6.13. The molecule has 3 aromatic heterocycles. The minimum Gasteiger partial charge on any atom is -0.346 e. The first-order chi connectivity index (χ1) is 9.92. The minimum atomic E-state index is 0.0714. The van der Waals surface area contributed by atoms with Crippen molar-refractivity contribution in [2.24, 2.45) is 7.05 Å². The molecule has 0 saturated carbocycles. The van der Waals surface area contributed by atoms with Gasteiger partial charge in [0.1, 0.15) is 0 Å². The maximum atomic E-state index is 2.35. The zero-order valence-corrected chi connectivity index (χ0v) is 14.9. The number of rotatable bonds is 3. The predicted molar refractivity (Wildman–Crippen MR) is 96.7 cm³/mol. The lowest BCUT2D eigenvalue weighted by Gasteiger charge is -2.21. The number of thiophene rings is 2. The van der Waals surface area contributed by atoms with Crippen LogP contribution >= 0.6 is 22.7 Å². The summed E-state index contributed by atoms with van der Waals surface area (Å²) in [7, 11) is 2.18. The molecule has 3 heterocycles. The standard InChI is InChI=1S/C18H21NS2/c1-6-9-18(3,4)17-11-15-13(19(17)5)10-16(21-15)14-8-7-12(2)20-14/h6-11H,1-5H3/b9-6-. The minimum absolute atomic E-state index is 0.0714. The van der Waals surface area contributed by atoms with Crippen LogP contribution in [-0.4, -0.2) is 4.57 Å². The molecule has 3 heteroatoms. The van der Waals surface area contributed by atoms with Crippen LogP contribution in [0.3, 0.4) is 0 Å². The van der Waals surface area contributed by atoms with Crippen LogP contribution in [0, 0.1) is 6.92 Å². The van der Waals surface area contributed by atoms with E-state index >= 15 is 0 Å². The van der Waals surface area contributed by atoms with Crippen molar-refractivity contribution in [3.05, 3.63) is 47.0 Å². The van der Waals surface area contributed by atoms with E-state index in [9.17, 15) is 0 Å². The van der Waals surface area contributed by atoms with Crippen molar-refractivity contribution in [1.29, 1.82) is 0 Å². The molecule has 110 valence electrons. The van der Waals surface area contributed by atoms with Crippen molar-refractivity contribution in [2.75, 3.05) is 0 Å². The fraction of sp³-hybridized carbons (Fsp3) is 0.333. The van der Waals surface area contributed by atoms with Gasteiger partial charge in [-0.15, -0.1) is 22.7 Å². The first kappa shape index (κ1) is 14.6. The third-order valence-electron chi connectivity index (χ3n) is 3.96. The lowest BCUT2D eigenvalue weighted by atomic mass is 9.89. The van der Waals surface area contributed by atoms with Crippen molar-refractivity contribution in [3.63, 3.8) is 0 Å². The van der Waals surface area contributed by atoms with Crippen LogP contribution in [0.15, 0.2) is 36.4 Å². The van der Waals surface area contributed by atoms with Crippen LogP contribution in [-0.2, 0) is 12.5 Å². The summed E-state index contributed by atoms with van der Waals surface area (Å²) in [6.45, 7) is 8.80. The Morgan fingerprint density at radius 1 is 1.10 bits per heavy atom. The third kappa shape index (κ3) is 2.49. The van der Waals surface area contributed by atoms with Gasteiger partial charge < -0.3 is 4.57 Å². The zero-order valence-electron chi connectivity index (χ0n) is 13.2. The van der Waals surface area contributed by atoms with Crippen LogP contribution in [0.4, 0.5) is 0 Å². The van der Waals surface area contributed by atoms with Gasteiger partial charge >= 0.3 is 0 Å². The van der Waals surface area contributed by atoms with E-state index in [1.54, 1.807) is 0 Å². The van der Waals surface area contributed by atoms with Gasteiger partial charge in [0.05, 0.1) is 10.2 Å². The summed E-state index contributed by atoms with van der Waals surface area (Å²) in [5.41, 5.74) is 2.78. The van der Waals surface area contributed by atoms with E-state index in [4.69, 9.17) is 0 Å². The monoisotopic (exact) mass is 315 g/mol. The Morgan fingerprint density at radius 2 is 1.86 bits per heavy atom. The molecule has 0 spiro atoms. The Labute approximate surface area is 134 Å². The van der Waals surface area contributed by atoms with Gasteiger partial charge in [-0.3, -0.25) is 0 Å². The van der Waals surface area contributed by atoms with Crippen LogP contribution in [0.2, 0.25) is 0 Å². The second kappa shape index (κ2) is 5.15. The van der Waals surface area contributed by atoms with Crippen molar-refractivity contribution < 1.29 is 0 Å². The number of allylic oxidation sites excluding steroid dienone is 2. The highest BCUT2D eigenvalue weighted by molar-refractivity contribution is 7.26. The number of aromatic nitrogens is 1. The summed E-state index contributed by atoms with van der Waals surface area (Å²) in [4.78, 5) is 4.13. The highest BCUT2D eigenvalue weighted by Gasteiger charge is 2.23. The van der Waals surface area contributed by atoms with Crippen LogP contribution in [0.25, 0.3) is 20.0 Å². The van der Waals surface area contributed by atoms with Gasteiger partial charge in [0.2, 0.25) is 0 Å². The average molecular weight is 316 g/mol. The van der Waals surface area contributed by atoms with Gasteiger partial charge in [-0.25, -0.2) is 0 Å². The molecule has 0 amide bonds. The summed E-state index contributed by atoms with van der Waals surface area (Å²) in [5, 5.41) is 0. The maximum Gasteiger partial charge on any atom is 0.0596 e. The summed E-state index contributed by atoms with van der Waals surface area (Å²) in [6.07, 6.45) is 4.41. The molecule has 21 heavy (non-hydrogen) atoms. The second-order valence-corrected chi connectivity index (χ2v) is 8.45. The largest absolute Gasteiger partial charge is 0.346 e. The van der Waals surface area contributed by atoms with Gasteiger partial charge in [0, 0.05) is 32.8 Å². The number of nitrogens with zero attached hydrogens (tertiary/aromatic N) is 1. The van der Waals surface area contributed by atoms with Crippen LogP contribution in [0.1, 0.15) is 31.3 Å². The molecule has 3 rings (SSSR count). The molecule has 0 bridgehead atoms. The van der Waals surface area contributed by atoms with E-state index in [-0.39, 0.29) is 5.41 Å². The third-order valence-corrected chi connectivity index (χ3v) is 6.23. The number of fused-ring (bicyclic) bond motifs is 1. The van der Waals surface area contributed by atoms with E-state index in [1.165, 1.54) is 30.5 Å². The molecule has 1 nitrogen and oxygen atoms in total. The molecular formula is C18H21NS2. The first-order valence-electron chi connectivity index (χ1n) is 7.23. The van der Waals surface area contributed by atoms with Gasteiger partial charge in [-0.1, -0.05) is 26.0 Å². The molecule has 0 fully saturated rings. The Kier molecular flexibility index (Phi) is 3.58. The molecule has 0 aromatic carbocycles. The molecule has 0 radical (unpaired) electrons. The van der Waals surface area contributed by atoms with Crippen LogP contribution < -0.4 is 0 Å². The average Bonchev–Trinajstić information content (AvgIpc) is 3.06. The van der Waals surface area contributed by atoms with Crippen molar-refractivity contribution in [1.82, 2.24) is 4.57 Å². The summed E-state index contributed by atoms with van der Waals surface area (Å²) in [5.74, 6) is 0. The Bertz CT molecular complexity index is 812. The van der Waals surface area contributed by atoms with Gasteiger partial charge in [0.25, 0.3) is 0 Å². The molecule has 3 aromatic rings. The lowest BCUT2D eigenvalue weighted by Crippen LogP contribution is -2.17. The first-order valence-corrected chi connectivity index (χ1v) is 8.86. The Balaban J connectivity index is 2.10. The van der Waals surface area contributed by atoms with Crippen molar-refractivity contribution in [3.8, 4) is 9.75 Å². The molecule has 0 N–H and O–H groups in total. The fourth-order valence-corrected chi connectivity index (χ4v) is 5.00. The fourth-order valence-electron chi connectivity index (χ4n) is 2.92. The highest BCUT2D eigenvalue weighted by Crippen LogP contribution is 2.40. The quantitative estimate of drug-likeness (QED) is 0.512. The molecule has 0 saturated heterocycles. The van der Waals surface area contributed by atoms with E-state index in [1.807, 2.05) is 22.7 Å². The SMILES string of the molecule is C/C=C\C(C)(C)c1cc2sc(-c3ccc(C)s3)cc2n1C. The van der Waals surface area contributed by atoms with Gasteiger partial charge in [0.15, 0.2) is 0 Å². The van der Waals surface area contributed by atoms with E-state index in [2.05, 4.69) is 75.7 Å². The molecule has 0 aliphatic heterocycles. The van der Waals surface area contributed by atoms with Crippen LogP contribution in [0.5, 0.6) is 0 Å². The summed E-state index contributed by atoms with van der Waals surface area (Å²) in [6, 6.07) is 9.12. The molecule has 0 unspecified atom stereocenters. The van der Waals surface area contributed by atoms with Crippen molar-refractivity contribution in [2.45, 2.75) is 33.1 Å². The zero-order chi connectivity index (χ0) is 15.2. The maximum absolute atomic E-state index is 2.35.